The van der Waals surface area contributed by atoms with E-state index in [0.717, 1.165) is 32.4 Å². The van der Waals surface area contributed by atoms with Gasteiger partial charge in [0.05, 0.1) is 0 Å². The molecule has 0 bridgehead atoms. The summed E-state index contributed by atoms with van der Waals surface area (Å²) in [5, 5.41) is 14.0. The molecule has 0 aliphatic heterocycles. The summed E-state index contributed by atoms with van der Waals surface area (Å²) in [6.07, 6.45) is 3.19. The molecule has 19 heavy (non-hydrogen) atoms. The van der Waals surface area contributed by atoms with E-state index in [2.05, 4.69) is 25.7 Å². The lowest BCUT2D eigenvalue weighted by molar-refractivity contribution is 0.0945. The zero-order chi connectivity index (χ0) is 13.7. The molecular formula is C13H21N5O. The highest BCUT2D eigenvalue weighted by Crippen LogP contribution is 2.19. The molecule has 0 radical (unpaired) electrons. The Hall–Kier alpha value is -1.69. The van der Waals surface area contributed by atoms with Gasteiger partial charge in [-0.3, -0.25) is 4.79 Å². The van der Waals surface area contributed by atoms with Crippen LogP contribution in [0.5, 0.6) is 0 Å². The molecule has 104 valence electrons. The molecule has 1 aliphatic rings. The number of amides is 1. The van der Waals surface area contributed by atoms with Crippen LogP contribution >= 0.6 is 0 Å². The number of hydrogen-bond donors (Lipinski definition) is 2. The standard InChI is InChI=1S/C13H21N5O/c1-18(2)9-3-8-14-12-7-6-11(16-17-12)13(19)15-10-4-5-10/h6-7,10H,3-5,8-9H2,1-2H3,(H,14,17)(H,15,19). The zero-order valence-corrected chi connectivity index (χ0v) is 11.5. The average molecular weight is 263 g/mol. The van der Waals surface area contributed by atoms with Crippen molar-refractivity contribution in [2.24, 2.45) is 0 Å². The van der Waals surface area contributed by atoms with Crippen molar-refractivity contribution in [1.82, 2.24) is 20.4 Å². The van der Waals surface area contributed by atoms with E-state index in [9.17, 15) is 4.79 Å². The molecule has 2 N–H and O–H groups in total. The van der Waals surface area contributed by atoms with Gasteiger partial charge in [-0.1, -0.05) is 0 Å². The number of anilines is 1. The monoisotopic (exact) mass is 263 g/mol. The van der Waals surface area contributed by atoms with E-state index in [-0.39, 0.29) is 5.91 Å². The van der Waals surface area contributed by atoms with E-state index < -0.39 is 0 Å². The minimum atomic E-state index is -0.130. The molecule has 0 unspecified atom stereocenters. The summed E-state index contributed by atoms with van der Waals surface area (Å²) in [6.45, 7) is 1.88. The van der Waals surface area contributed by atoms with Crippen molar-refractivity contribution >= 4 is 11.7 Å². The normalized spacial score (nSPS) is 14.5. The van der Waals surface area contributed by atoms with E-state index in [4.69, 9.17) is 0 Å². The quantitative estimate of drug-likeness (QED) is 0.710. The van der Waals surface area contributed by atoms with Gasteiger partial charge in [0.15, 0.2) is 5.69 Å². The summed E-state index contributed by atoms with van der Waals surface area (Å²) < 4.78 is 0. The Balaban J connectivity index is 1.75. The fourth-order valence-corrected chi connectivity index (χ4v) is 1.65. The third-order valence-electron chi connectivity index (χ3n) is 2.90. The molecule has 1 aromatic heterocycles. The first-order valence-corrected chi connectivity index (χ1v) is 6.68. The Morgan fingerprint density at radius 1 is 1.37 bits per heavy atom. The lowest BCUT2D eigenvalue weighted by atomic mass is 10.3. The minimum Gasteiger partial charge on any atom is -0.369 e. The predicted molar refractivity (Wildman–Crippen MR) is 74.2 cm³/mol. The SMILES string of the molecule is CN(C)CCCNc1ccc(C(=O)NC2CC2)nn1. The lowest BCUT2D eigenvalue weighted by Crippen LogP contribution is -2.26. The summed E-state index contributed by atoms with van der Waals surface area (Å²) in [4.78, 5) is 13.8. The highest BCUT2D eigenvalue weighted by Gasteiger charge is 2.24. The molecule has 1 aliphatic carbocycles. The van der Waals surface area contributed by atoms with Gasteiger partial charge in [0.1, 0.15) is 5.82 Å². The van der Waals surface area contributed by atoms with Crippen LogP contribution in [0.4, 0.5) is 5.82 Å². The second-order valence-electron chi connectivity index (χ2n) is 5.14. The number of carbonyl (C=O) groups is 1. The number of aromatic nitrogens is 2. The van der Waals surface area contributed by atoms with Gasteiger partial charge in [-0.2, -0.15) is 0 Å². The molecule has 1 fully saturated rings. The van der Waals surface area contributed by atoms with Crippen molar-refractivity contribution in [3.63, 3.8) is 0 Å². The molecule has 0 aromatic carbocycles. The summed E-state index contributed by atoms with van der Waals surface area (Å²) in [6, 6.07) is 3.85. The predicted octanol–water partition coefficient (Wildman–Crippen LogP) is 0.732. The minimum absolute atomic E-state index is 0.130. The Morgan fingerprint density at radius 3 is 2.74 bits per heavy atom. The molecular weight excluding hydrogens is 242 g/mol. The van der Waals surface area contributed by atoms with Crippen LogP contribution in [0.15, 0.2) is 12.1 Å². The van der Waals surface area contributed by atoms with E-state index in [1.54, 1.807) is 12.1 Å². The van der Waals surface area contributed by atoms with Crippen LogP contribution < -0.4 is 10.6 Å². The topological polar surface area (TPSA) is 70.2 Å². The molecule has 1 saturated carbocycles. The first-order chi connectivity index (χ1) is 9.15. The van der Waals surface area contributed by atoms with Gasteiger partial charge in [0.25, 0.3) is 5.91 Å². The molecule has 1 amide bonds. The third-order valence-corrected chi connectivity index (χ3v) is 2.90. The Labute approximate surface area is 113 Å². The smallest absolute Gasteiger partial charge is 0.272 e. The fraction of sp³-hybridized carbons (Fsp3) is 0.615. The fourth-order valence-electron chi connectivity index (χ4n) is 1.65. The van der Waals surface area contributed by atoms with Gasteiger partial charge in [-0.15, -0.1) is 10.2 Å². The third kappa shape index (κ3) is 4.82. The molecule has 1 heterocycles. The number of rotatable bonds is 7. The first-order valence-electron chi connectivity index (χ1n) is 6.68. The molecule has 0 saturated heterocycles. The summed E-state index contributed by atoms with van der Waals surface area (Å²) in [5.74, 6) is 0.580. The second-order valence-corrected chi connectivity index (χ2v) is 5.14. The van der Waals surface area contributed by atoms with Crippen LogP contribution in [-0.4, -0.2) is 54.2 Å². The van der Waals surface area contributed by atoms with E-state index in [1.165, 1.54) is 0 Å². The maximum atomic E-state index is 11.7. The molecule has 6 nitrogen and oxygen atoms in total. The van der Waals surface area contributed by atoms with E-state index in [0.29, 0.717) is 17.6 Å². The van der Waals surface area contributed by atoms with Crippen LogP contribution in [-0.2, 0) is 0 Å². The van der Waals surface area contributed by atoms with Crippen LogP contribution in [0.25, 0.3) is 0 Å². The van der Waals surface area contributed by atoms with E-state index >= 15 is 0 Å². The Bertz CT molecular complexity index is 414. The van der Waals surface area contributed by atoms with Gasteiger partial charge in [0, 0.05) is 12.6 Å². The van der Waals surface area contributed by atoms with Gasteiger partial charge in [0.2, 0.25) is 0 Å². The van der Waals surface area contributed by atoms with Crippen molar-refractivity contribution in [3.8, 4) is 0 Å². The summed E-state index contributed by atoms with van der Waals surface area (Å²) in [7, 11) is 4.10. The highest BCUT2D eigenvalue weighted by molar-refractivity contribution is 5.92. The van der Waals surface area contributed by atoms with Crippen LogP contribution in [0, 0.1) is 0 Å². The van der Waals surface area contributed by atoms with Crippen LogP contribution in [0.2, 0.25) is 0 Å². The van der Waals surface area contributed by atoms with Crippen molar-refractivity contribution in [3.05, 3.63) is 17.8 Å². The molecule has 6 heteroatoms. The summed E-state index contributed by atoms with van der Waals surface area (Å²) in [5.41, 5.74) is 0.380. The molecule has 0 spiro atoms. The van der Waals surface area contributed by atoms with Crippen molar-refractivity contribution in [2.45, 2.75) is 25.3 Å². The van der Waals surface area contributed by atoms with Crippen molar-refractivity contribution in [2.75, 3.05) is 32.5 Å². The van der Waals surface area contributed by atoms with Crippen molar-refractivity contribution < 1.29 is 4.79 Å². The molecule has 2 rings (SSSR count). The molecule has 1 aromatic rings. The van der Waals surface area contributed by atoms with Gasteiger partial charge in [-0.25, -0.2) is 0 Å². The van der Waals surface area contributed by atoms with Crippen LogP contribution in [0.3, 0.4) is 0 Å². The lowest BCUT2D eigenvalue weighted by Gasteiger charge is -2.10. The van der Waals surface area contributed by atoms with E-state index in [1.807, 2.05) is 14.1 Å². The number of nitrogens with one attached hydrogen (secondary N) is 2. The van der Waals surface area contributed by atoms with Gasteiger partial charge in [-0.05, 0) is 52.0 Å². The average Bonchev–Trinajstić information content (AvgIpc) is 3.19. The Morgan fingerprint density at radius 2 is 2.16 bits per heavy atom. The molecule has 0 atom stereocenters. The summed E-state index contributed by atoms with van der Waals surface area (Å²) >= 11 is 0. The maximum Gasteiger partial charge on any atom is 0.272 e. The Kier molecular flexibility index (Phi) is 4.68. The number of carbonyl (C=O) groups excluding carboxylic acids is 1. The highest BCUT2D eigenvalue weighted by atomic mass is 16.2. The zero-order valence-electron chi connectivity index (χ0n) is 11.5. The van der Waals surface area contributed by atoms with Crippen molar-refractivity contribution in [1.29, 1.82) is 0 Å². The number of hydrogen-bond acceptors (Lipinski definition) is 5. The maximum absolute atomic E-state index is 11.7. The van der Waals surface area contributed by atoms with Gasteiger partial charge < -0.3 is 15.5 Å². The van der Waals surface area contributed by atoms with Gasteiger partial charge >= 0.3 is 0 Å². The second kappa shape index (κ2) is 6.47. The number of nitrogens with zero attached hydrogens (tertiary/aromatic N) is 3. The largest absolute Gasteiger partial charge is 0.369 e. The van der Waals surface area contributed by atoms with Crippen LogP contribution in [0.1, 0.15) is 29.8 Å². The first kappa shape index (κ1) is 13.7.